The van der Waals surface area contributed by atoms with E-state index in [1.807, 2.05) is 6.07 Å². The first-order valence-electron chi connectivity index (χ1n) is 6.00. The average Bonchev–Trinajstić information content (AvgIpc) is 3.07. The van der Waals surface area contributed by atoms with Crippen LogP contribution in [0, 0.1) is 0 Å². The van der Waals surface area contributed by atoms with Gasteiger partial charge in [0.1, 0.15) is 5.01 Å². The molecular formula is C12H11N5O3S. The number of nitrogens with zero attached hydrogens (tertiary/aromatic N) is 3. The monoisotopic (exact) mass is 305 g/mol. The quantitative estimate of drug-likeness (QED) is 0.630. The van der Waals surface area contributed by atoms with Crippen LogP contribution in [0.5, 0.6) is 11.5 Å². The molecule has 9 heteroatoms. The molecule has 3 N–H and O–H groups in total. The second kappa shape index (κ2) is 5.75. The van der Waals surface area contributed by atoms with Crippen molar-refractivity contribution in [2.45, 2.75) is 6.42 Å². The zero-order valence-electron chi connectivity index (χ0n) is 10.8. The van der Waals surface area contributed by atoms with Gasteiger partial charge in [0, 0.05) is 0 Å². The van der Waals surface area contributed by atoms with Gasteiger partial charge in [-0.25, -0.2) is 5.43 Å². The lowest BCUT2D eigenvalue weighted by Gasteiger charge is -1.98. The molecule has 0 spiro atoms. The maximum Gasteiger partial charge on any atom is 0.247 e. The van der Waals surface area contributed by atoms with E-state index in [1.54, 1.807) is 12.1 Å². The summed E-state index contributed by atoms with van der Waals surface area (Å²) in [5.74, 6) is 1.07. The lowest BCUT2D eigenvalue weighted by molar-refractivity contribution is -0.120. The summed E-state index contributed by atoms with van der Waals surface area (Å²) in [5.41, 5.74) is 8.64. The number of fused-ring (bicyclic) bond motifs is 1. The van der Waals surface area contributed by atoms with Gasteiger partial charge in [-0.05, 0) is 23.8 Å². The van der Waals surface area contributed by atoms with Crippen molar-refractivity contribution in [1.29, 1.82) is 0 Å². The molecule has 1 amide bonds. The van der Waals surface area contributed by atoms with Gasteiger partial charge in [0.15, 0.2) is 11.5 Å². The smallest absolute Gasteiger partial charge is 0.247 e. The Morgan fingerprint density at radius 2 is 2.29 bits per heavy atom. The van der Waals surface area contributed by atoms with Gasteiger partial charge in [0.2, 0.25) is 17.8 Å². The highest BCUT2D eigenvalue weighted by Gasteiger charge is 2.12. The standard InChI is InChI=1S/C12H11N5O3S/c13-12-17-16-11(21-12)4-10(18)15-14-5-7-1-2-8-9(3-7)20-6-19-8/h1-3,5H,4,6H2,(H2,13,17)(H,15,18)/b14-5+. The maximum absolute atomic E-state index is 11.6. The molecule has 8 nitrogen and oxygen atoms in total. The van der Waals surface area contributed by atoms with Crippen molar-refractivity contribution < 1.29 is 14.3 Å². The summed E-state index contributed by atoms with van der Waals surface area (Å²) in [4.78, 5) is 11.6. The minimum Gasteiger partial charge on any atom is -0.454 e. The van der Waals surface area contributed by atoms with E-state index in [2.05, 4.69) is 20.7 Å². The number of anilines is 1. The second-order valence-corrected chi connectivity index (χ2v) is 5.21. The Kier molecular flexibility index (Phi) is 3.65. The zero-order chi connectivity index (χ0) is 14.7. The lowest BCUT2D eigenvalue weighted by Crippen LogP contribution is -2.19. The molecule has 0 fully saturated rings. The van der Waals surface area contributed by atoms with E-state index in [0.717, 1.165) is 5.56 Å². The van der Waals surface area contributed by atoms with Crippen LogP contribution in [0.15, 0.2) is 23.3 Å². The van der Waals surface area contributed by atoms with Gasteiger partial charge in [-0.2, -0.15) is 5.10 Å². The third-order valence-electron chi connectivity index (χ3n) is 2.59. The largest absolute Gasteiger partial charge is 0.454 e. The Bertz CT molecular complexity index is 700. The van der Waals surface area contributed by atoms with Crippen LogP contribution < -0.4 is 20.6 Å². The molecular weight excluding hydrogens is 294 g/mol. The van der Waals surface area contributed by atoms with Crippen molar-refractivity contribution in [3.8, 4) is 11.5 Å². The number of hydrogen-bond acceptors (Lipinski definition) is 8. The molecule has 1 aliphatic rings. The number of ether oxygens (including phenoxy) is 2. The molecule has 2 aromatic rings. The fourth-order valence-corrected chi connectivity index (χ4v) is 2.30. The molecule has 0 saturated heterocycles. The van der Waals surface area contributed by atoms with Gasteiger partial charge >= 0.3 is 0 Å². The summed E-state index contributed by atoms with van der Waals surface area (Å²) in [6.07, 6.45) is 1.61. The molecule has 0 bridgehead atoms. The van der Waals surface area contributed by atoms with Crippen LogP contribution >= 0.6 is 11.3 Å². The van der Waals surface area contributed by atoms with Crippen molar-refractivity contribution in [3.63, 3.8) is 0 Å². The van der Waals surface area contributed by atoms with Gasteiger partial charge < -0.3 is 15.2 Å². The Morgan fingerprint density at radius 1 is 1.43 bits per heavy atom. The van der Waals surface area contributed by atoms with Crippen molar-refractivity contribution in [2.75, 3.05) is 12.5 Å². The molecule has 1 aliphatic heterocycles. The van der Waals surface area contributed by atoms with Crippen LogP contribution in [0.2, 0.25) is 0 Å². The molecule has 1 aromatic heterocycles. The highest BCUT2D eigenvalue weighted by Crippen LogP contribution is 2.31. The third kappa shape index (κ3) is 3.26. The van der Waals surface area contributed by atoms with E-state index >= 15 is 0 Å². The molecule has 0 aliphatic carbocycles. The SMILES string of the molecule is Nc1nnc(CC(=O)N/N=C/c2ccc3c(c2)OCO3)s1. The Labute approximate surface area is 123 Å². The number of amides is 1. The average molecular weight is 305 g/mol. The second-order valence-electron chi connectivity index (χ2n) is 4.12. The Hall–Kier alpha value is -2.68. The number of benzene rings is 1. The minimum absolute atomic E-state index is 0.0906. The van der Waals surface area contributed by atoms with Crippen LogP contribution in [0.3, 0.4) is 0 Å². The number of aromatic nitrogens is 2. The lowest BCUT2D eigenvalue weighted by atomic mass is 10.2. The molecule has 3 rings (SSSR count). The highest BCUT2D eigenvalue weighted by atomic mass is 32.1. The third-order valence-corrected chi connectivity index (χ3v) is 3.35. The summed E-state index contributed by atoms with van der Waals surface area (Å²) in [7, 11) is 0. The van der Waals surface area contributed by atoms with Crippen LogP contribution in [0.1, 0.15) is 10.6 Å². The van der Waals surface area contributed by atoms with Gasteiger partial charge in [-0.1, -0.05) is 11.3 Å². The van der Waals surface area contributed by atoms with Gasteiger partial charge in [0.25, 0.3) is 0 Å². The summed E-state index contributed by atoms with van der Waals surface area (Å²) in [6, 6.07) is 5.38. The Balaban J connectivity index is 1.55. The fourth-order valence-electron chi connectivity index (χ4n) is 1.69. The van der Waals surface area contributed by atoms with Crippen LogP contribution in [0.4, 0.5) is 5.13 Å². The first-order valence-corrected chi connectivity index (χ1v) is 6.82. The summed E-state index contributed by atoms with van der Waals surface area (Å²) in [6.45, 7) is 0.220. The first-order chi connectivity index (χ1) is 10.2. The summed E-state index contributed by atoms with van der Waals surface area (Å²) < 4.78 is 10.5. The molecule has 1 aromatic carbocycles. The zero-order valence-corrected chi connectivity index (χ0v) is 11.6. The normalized spacial score (nSPS) is 12.8. The molecule has 108 valence electrons. The topological polar surface area (TPSA) is 112 Å². The number of carbonyl (C=O) groups excluding carboxylic acids is 1. The van der Waals surface area contributed by atoms with Crippen LogP contribution in [-0.2, 0) is 11.2 Å². The molecule has 21 heavy (non-hydrogen) atoms. The predicted octanol–water partition coefficient (Wildman–Crippen LogP) is 0.542. The number of nitrogens with two attached hydrogens (primary N) is 1. The molecule has 0 radical (unpaired) electrons. The molecule has 0 atom stereocenters. The minimum atomic E-state index is -0.289. The van der Waals surface area contributed by atoms with E-state index in [1.165, 1.54) is 17.6 Å². The van der Waals surface area contributed by atoms with Crippen LogP contribution in [0.25, 0.3) is 0 Å². The number of carbonyl (C=O) groups is 1. The van der Waals surface area contributed by atoms with E-state index in [-0.39, 0.29) is 19.1 Å². The Morgan fingerprint density at radius 3 is 3.10 bits per heavy atom. The van der Waals surface area contributed by atoms with Crippen molar-refractivity contribution in [2.24, 2.45) is 5.10 Å². The maximum atomic E-state index is 11.6. The van der Waals surface area contributed by atoms with Crippen molar-refractivity contribution in [1.82, 2.24) is 15.6 Å². The highest BCUT2D eigenvalue weighted by molar-refractivity contribution is 7.15. The predicted molar refractivity (Wildman–Crippen MR) is 76.3 cm³/mol. The summed E-state index contributed by atoms with van der Waals surface area (Å²) in [5, 5.41) is 12.1. The number of hydrazone groups is 1. The van der Waals surface area contributed by atoms with E-state index in [4.69, 9.17) is 15.2 Å². The first kappa shape index (κ1) is 13.3. The van der Waals surface area contributed by atoms with Gasteiger partial charge in [0.05, 0.1) is 12.6 Å². The van der Waals surface area contributed by atoms with E-state index in [9.17, 15) is 4.79 Å². The van der Waals surface area contributed by atoms with Gasteiger partial charge in [-0.3, -0.25) is 4.79 Å². The number of hydrogen-bond donors (Lipinski definition) is 2. The number of nitrogens with one attached hydrogen (secondary N) is 1. The molecule has 2 heterocycles. The number of rotatable bonds is 4. The fraction of sp³-hybridized carbons (Fsp3) is 0.167. The van der Waals surface area contributed by atoms with Crippen molar-refractivity contribution >= 4 is 28.6 Å². The molecule has 0 unspecified atom stereocenters. The summed E-state index contributed by atoms with van der Waals surface area (Å²) >= 11 is 1.17. The van der Waals surface area contributed by atoms with Gasteiger partial charge in [-0.15, -0.1) is 10.2 Å². The van der Waals surface area contributed by atoms with E-state index in [0.29, 0.717) is 21.6 Å². The molecule has 0 saturated carbocycles. The van der Waals surface area contributed by atoms with E-state index < -0.39 is 0 Å². The number of nitrogen functional groups attached to an aromatic ring is 1. The van der Waals surface area contributed by atoms with Crippen LogP contribution in [-0.4, -0.2) is 29.1 Å². The van der Waals surface area contributed by atoms with Crippen molar-refractivity contribution in [3.05, 3.63) is 28.8 Å².